The van der Waals surface area contributed by atoms with Crippen LogP contribution in [0.1, 0.15) is 18.9 Å². The third-order valence-electron chi connectivity index (χ3n) is 2.54. The van der Waals surface area contributed by atoms with E-state index in [2.05, 4.69) is 30.4 Å². The Labute approximate surface area is 83.0 Å². The lowest BCUT2D eigenvalue weighted by molar-refractivity contribution is 0.723. The highest BCUT2D eigenvalue weighted by atomic mass is 32.2. The number of anilines is 1. The predicted octanol–water partition coefficient (Wildman–Crippen LogP) is 2.40. The number of hydrogen-bond acceptors (Lipinski definition) is 3. The van der Waals surface area contributed by atoms with Crippen LogP contribution in [0.15, 0.2) is 23.1 Å². The van der Waals surface area contributed by atoms with Crippen molar-refractivity contribution < 1.29 is 0 Å². The average Bonchev–Trinajstić information content (AvgIpc) is 2.58. The summed E-state index contributed by atoms with van der Waals surface area (Å²) in [5.41, 5.74) is 2.69. The van der Waals surface area contributed by atoms with Gasteiger partial charge in [-0.2, -0.15) is 0 Å². The molecule has 1 aliphatic rings. The molecule has 1 aliphatic heterocycles. The second-order valence-electron chi connectivity index (χ2n) is 3.39. The van der Waals surface area contributed by atoms with E-state index in [9.17, 15) is 0 Å². The Kier molecular flexibility index (Phi) is 2.47. The molecule has 3 heteroatoms. The maximum absolute atomic E-state index is 5.50. The van der Waals surface area contributed by atoms with Gasteiger partial charge in [0.2, 0.25) is 0 Å². The molecule has 0 aliphatic carbocycles. The van der Waals surface area contributed by atoms with Crippen molar-refractivity contribution in [3.8, 4) is 0 Å². The molecule has 1 unspecified atom stereocenters. The summed E-state index contributed by atoms with van der Waals surface area (Å²) in [6, 6.07) is 7.01. The lowest BCUT2D eigenvalue weighted by atomic mass is 10.1. The first-order valence-corrected chi connectivity index (χ1v) is 5.47. The van der Waals surface area contributed by atoms with Gasteiger partial charge in [-0.05, 0) is 42.5 Å². The first kappa shape index (κ1) is 8.91. The van der Waals surface area contributed by atoms with Crippen LogP contribution in [-0.2, 0) is 6.42 Å². The van der Waals surface area contributed by atoms with Crippen molar-refractivity contribution in [1.82, 2.24) is 0 Å². The first-order valence-electron chi connectivity index (χ1n) is 4.59. The quantitative estimate of drug-likeness (QED) is 0.710. The van der Waals surface area contributed by atoms with E-state index in [0.717, 1.165) is 11.3 Å². The van der Waals surface area contributed by atoms with E-state index in [1.807, 2.05) is 0 Å². The molecule has 2 nitrogen and oxygen atoms in total. The van der Waals surface area contributed by atoms with E-state index >= 15 is 0 Å². The van der Waals surface area contributed by atoms with Crippen LogP contribution in [0.4, 0.5) is 5.69 Å². The smallest absolute Gasteiger partial charge is 0.0387 e. The summed E-state index contributed by atoms with van der Waals surface area (Å²) < 4.78 is 0. The van der Waals surface area contributed by atoms with Crippen LogP contribution in [-0.4, -0.2) is 6.04 Å². The van der Waals surface area contributed by atoms with Gasteiger partial charge in [0, 0.05) is 16.6 Å². The molecule has 1 heterocycles. The Balaban J connectivity index is 2.25. The molecule has 0 radical (unpaired) electrons. The van der Waals surface area contributed by atoms with Gasteiger partial charge in [0.1, 0.15) is 0 Å². The highest BCUT2D eigenvalue weighted by Gasteiger charge is 2.18. The van der Waals surface area contributed by atoms with Crippen LogP contribution < -0.4 is 10.5 Å². The van der Waals surface area contributed by atoms with Crippen molar-refractivity contribution in [2.45, 2.75) is 30.7 Å². The fourth-order valence-electron chi connectivity index (χ4n) is 1.72. The normalized spacial score (nSPS) is 19.7. The SMILES string of the molecule is CCC1Cc2ccc(SN)cc2N1. The molecular formula is C10H14N2S. The van der Waals surface area contributed by atoms with Crippen LogP contribution in [0.2, 0.25) is 0 Å². The minimum absolute atomic E-state index is 0.619. The van der Waals surface area contributed by atoms with Gasteiger partial charge in [-0.1, -0.05) is 13.0 Å². The second kappa shape index (κ2) is 3.60. The van der Waals surface area contributed by atoms with Crippen molar-refractivity contribution in [2.24, 2.45) is 5.14 Å². The van der Waals surface area contributed by atoms with Crippen LogP contribution in [0, 0.1) is 0 Å². The molecule has 2 rings (SSSR count). The standard InChI is InChI=1S/C10H14N2S/c1-2-8-5-7-3-4-9(13-11)6-10(7)12-8/h3-4,6,8,12H,2,5,11H2,1H3. The highest BCUT2D eigenvalue weighted by molar-refractivity contribution is 7.97. The van der Waals surface area contributed by atoms with Crippen molar-refractivity contribution in [3.05, 3.63) is 23.8 Å². The minimum atomic E-state index is 0.619. The lowest BCUT2D eigenvalue weighted by Gasteiger charge is -2.06. The fraction of sp³-hybridized carbons (Fsp3) is 0.400. The number of rotatable bonds is 2. The third-order valence-corrected chi connectivity index (χ3v) is 3.06. The maximum Gasteiger partial charge on any atom is 0.0387 e. The monoisotopic (exact) mass is 194 g/mol. The van der Waals surface area contributed by atoms with E-state index in [4.69, 9.17) is 5.14 Å². The number of nitrogens with two attached hydrogens (primary N) is 1. The average molecular weight is 194 g/mol. The molecule has 0 saturated heterocycles. The zero-order valence-electron chi connectivity index (χ0n) is 7.71. The first-order chi connectivity index (χ1) is 6.33. The molecule has 3 N–H and O–H groups in total. The predicted molar refractivity (Wildman–Crippen MR) is 57.9 cm³/mol. The maximum atomic E-state index is 5.50. The van der Waals surface area contributed by atoms with Gasteiger partial charge in [0.15, 0.2) is 0 Å². The van der Waals surface area contributed by atoms with Gasteiger partial charge < -0.3 is 5.32 Å². The van der Waals surface area contributed by atoms with E-state index in [-0.39, 0.29) is 0 Å². The van der Waals surface area contributed by atoms with Gasteiger partial charge in [-0.15, -0.1) is 0 Å². The topological polar surface area (TPSA) is 38.0 Å². The summed E-state index contributed by atoms with van der Waals surface area (Å²) in [6.07, 6.45) is 2.33. The largest absolute Gasteiger partial charge is 0.382 e. The summed E-state index contributed by atoms with van der Waals surface area (Å²) in [7, 11) is 0. The van der Waals surface area contributed by atoms with Crippen molar-refractivity contribution >= 4 is 17.6 Å². The zero-order chi connectivity index (χ0) is 9.26. The molecule has 0 aromatic heterocycles. The third kappa shape index (κ3) is 1.67. The number of nitrogens with one attached hydrogen (secondary N) is 1. The molecule has 1 aromatic rings. The van der Waals surface area contributed by atoms with Crippen LogP contribution >= 0.6 is 11.9 Å². The summed E-state index contributed by atoms with van der Waals surface area (Å²) in [4.78, 5) is 1.13. The number of benzene rings is 1. The van der Waals surface area contributed by atoms with E-state index in [1.165, 1.54) is 29.6 Å². The van der Waals surface area contributed by atoms with Crippen molar-refractivity contribution in [2.75, 3.05) is 5.32 Å². The fourth-order valence-corrected chi connectivity index (χ4v) is 2.06. The summed E-state index contributed by atoms with van der Waals surface area (Å²) in [6.45, 7) is 2.21. The van der Waals surface area contributed by atoms with Gasteiger partial charge in [-0.3, -0.25) is 5.14 Å². The number of hydrogen-bond donors (Lipinski definition) is 2. The van der Waals surface area contributed by atoms with Crippen LogP contribution in [0.5, 0.6) is 0 Å². The van der Waals surface area contributed by atoms with Gasteiger partial charge in [0.05, 0.1) is 0 Å². The molecular weight excluding hydrogens is 180 g/mol. The van der Waals surface area contributed by atoms with E-state index < -0.39 is 0 Å². The van der Waals surface area contributed by atoms with Crippen LogP contribution in [0.25, 0.3) is 0 Å². The lowest BCUT2D eigenvalue weighted by Crippen LogP contribution is -2.12. The minimum Gasteiger partial charge on any atom is -0.382 e. The highest BCUT2D eigenvalue weighted by Crippen LogP contribution is 2.29. The zero-order valence-corrected chi connectivity index (χ0v) is 8.53. The van der Waals surface area contributed by atoms with E-state index in [0.29, 0.717) is 6.04 Å². The van der Waals surface area contributed by atoms with Crippen molar-refractivity contribution in [3.63, 3.8) is 0 Å². The Bertz CT molecular complexity index is 312. The molecule has 0 amide bonds. The summed E-state index contributed by atoms with van der Waals surface area (Å²) in [5, 5.41) is 8.99. The Morgan fingerprint density at radius 3 is 3.15 bits per heavy atom. The molecule has 13 heavy (non-hydrogen) atoms. The molecule has 0 saturated carbocycles. The van der Waals surface area contributed by atoms with Gasteiger partial charge in [-0.25, -0.2) is 0 Å². The van der Waals surface area contributed by atoms with Gasteiger partial charge in [0.25, 0.3) is 0 Å². The molecule has 1 aromatic carbocycles. The number of fused-ring (bicyclic) bond motifs is 1. The summed E-state index contributed by atoms with van der Waals surface area (Å²) >= 11 is 1.30. The van der Waals surface area contributed by atoms with Crippen LogP contribution in [0.3, 0.4) is 0 Å². The Hall–Kier alpha value is -0.670. The summed E-state index contributed by atoms with van der Waals surface area (Å²) in [5.74, 6) is 0. The van der Waals surface area contributed by atoms with Crippen molar-refractivity contribution in [1.29, 1.82) is 0 Å². The van der Waals surface area contributed by atoms with Gasteiger partial charge >= 0.3 is 0 Å². The Morgan fingerprint density at radius 1 is 1.62 bits per heavy atom. The molecule has 1 atom stereocenters. The molecule has 70 valence electrons. The van der Waals surface area contributed by atoms with E-state index in [1.54, 1.807) is 0 Å². The molecule has 0 spiro atoms. The molecule has 0 fully saturated rings. The Morgan fingerprint density at radius 2 is 2.46 bits per heavy atom. The molecule has 0 bridgehead atoms. The second-order valence-corrected chi connectivity index (χ2v) is 4.10.